The van der Waals surface area contributed by atoms with E-state index >= 15 is 0 Å². The average molecular weight is 160 g/mol. The molecule has 0 aliphatic rings. The van der Waals surface area contributed by atoms with Crippen LogP contribution in [0.3, 0.4) is 0 Å². The molecule has 12 heavy (non-hydrogen) atoms. The van der Waals surface area contributed by atoms with Crippen molar-refractivity contribution in [3.63, 3.8) is 0 Å². The SMILES string of the molecule is O=[n+]1nccc2ccccc2n1. The van der Waals surface area contributed by atoms with Crippen molar-refractivity contribution in [2.75, 3.05) is 0 Å². The Balaban J connectivity index is 2.98. The highest BCUT2D eigenvalue weighted by molar-refractivity contribution is 5.76. The van der Waals surface area contributed by atoms with Gasteiger partial charge >= 0.3 is 4.66 Å². The molecular formula is C8H6N3O+. The first-order valence-electron chi connectivity index (χ1n) is 3.51. The van der Waals surface area contributed by atoms with Gasteiger partial charge in [-0.25, -0.2) is 0 Å². The Kier molecular flexibility index (Phi) is 1.51. The summed E-state index contributed by atoms with van der Waals surface area (Å²) in [5.41, 5.74) is 0.644. The van der Waals surface area contributed by atoms with Crippen molar-refractivity contribution in [3.05, 3.63) is 41.4 Å². The minimum Gasteiger partial charge on any atom is -0.0615 e. The number of nitrogens with zero attached hydrogens (tertiary/aromatic N) is 3. The molecule has 58 valence electrons. The minimum absolute atomic E-state index is 0.308. The average Bonchev–Trinajstić information content (AvgIpc) is 2.25. The summed E-state index contributed by atoms with van der Waals surface area (Å²) in [5.74, 6) is 0. The van der Waals surface area contributed by atoms with E-state index in [0.29, 0.717) is 10.2 Å². The summed E-state index contributed by atoms with van der Waals surface area (Å²) in [6.45, 7) is 0. The monoisotopic (exact) mass is 160 g/mol. The first-order valence-corrected chi connectivity index (χ1v) is 3.51. The molecule has 0 N–H and O–H groups in total. The van der Waals surface area contributed by atoms with E-state index in [4.69, 9.17) is 0 Å². The summed E-state index contributed by atoms with van der Waals surface area (Å²) in [7, 11) is 0. The molecule has 4 heteroatoms. The molecule has 0 fully saturated rings. The number of rotatable bonds is 0. The Morgan fingerprint density at radius 2 is 2.00 bits per heavy atom. The van der Waals surface area contributed by atoms with E-state index < -0.39 is 0 Å². The first kappa shape index (κ1) is 6.84. The van der Waals surface area contributed by atoms with Crippen molar-refractivity contribution >= 4 is 10.9 Å². The van der Waals surface area contributed by atoms with Crippen LogP contribution in [0, 0.1) is 4.91 Å². The smallest absolute Gasteiger partial charge is 0.0615 e. The predicted molar refractivity (Wildman–Crippen MR) is 42.9 cm³/mol. The van der Waals surface area contributed by atoms with Crippen molar-refractivity contribution in [1.29, 1.82) is 0 Å². The third kappa shape index (κ3) is 1.14. The lowest BCUT2D eigenvalue weighted by Gasteiger charge is -1.82. The van der Waals surface area contributed by atoms with Crippen LogP contribution in [0.1, 0.15) is 0 Å². The Labute approximate surface area is 68.1 Å². The van der Waals surface area contributed by atoms with Crippen molar-refractivity contribution in [2.24, 2.45) is 0 Å². The van der Waals surface area contributed by atoms with Gasteiger partial charge in [0, 0.05) is 5.39 Å². The molecule has 1 aromatic carbocycles. The van der Waals surface area contributed by atoms with Gasteiger partial charge in [0.1, 0.15) is 11.7 Å². The van der Waals surface area contributed by atoms with Gasteiger partial charge in [-0.2, -0.15) is 0 Å². The highest BCUT2D eigenvalue weighted by Gasteiger charge is 1.96. The van der Waals surface area contributed by atoms with Crippen LogP contribution in [-0.2, 0) is 0 Å². The summed E-state index contributed by atoms with van der Waals surface area (Å²) in [5, 5.41) is 8.06. The molecule has 0 aliphatic heterocycles. The fourth-order valence-electron chi connectivity index (χ4n) is 1.01. The van der Waals surface area contributed by atoms with Crippen molar-refractivity contribution < 1.29 is 4.66 Å². The zero-order valence-electron chi connectivity index (χ0n) is 6.21. The van der Waals surface area contributed by atoms with E-state index in [0.717, 1.165) is 5.39 Å². The van der Waals surface area contributed by atoms with E-state index in [1.165, 1.54) is 6.20 Å². The lowest BCUT2D eigenvalue weighted by molar-refractivity contribution is -0.624. The highest BCUT2D eigenvalue weighted by Crippen LogP contribution is 2.05. The maximum atomic E-state index is 10.8. The van der Waals surface area contributed by atoms with Crippen LogP contribution in [0.4, 0.5) is 0 Å². The maximum Gasteiger partial charge on any atom is 0.311 e. The number of fused-ring (bicyclic) bond motifs is 1. The summed E-state index contributed by atoms with van der Waals surface area (Å²) < 4.78 is 0.308. The summed E-state index contributed by atoms with van der Waals surface area (Å²) in [4.78, 5) is 10.8. The highest BCUT2D eigenvalue weighted by atomic mass is 16.3. The van der Waals surface area contributed by atoms with E-state index in [-0.39, 0.29) is 0 Å². The second-order valence-electron chi connectivity index (χ2n) is 2.34. The summed E-state index contributed by atoms with van der Waals surface area (Å²) in [6.07, 6.45) is 1.43. The standard InChI is InChI=1S/C8H6N3O/c12-11-9-6-5-7-3-1-2-4-8(7)10-11/h1-6H/q+1. The van der Waals surface area contributed by atoms with Crippen LogP contribution in [0.25, 0.3) is 10.9 Å². The quantitative estimate of drug-likeness (QED) is 0.528. The Bertz CT molecular complexity index is 469. The van der Waals surface area contributed by atoms with Crippen LogP contribution >= 0.6 is 0 Å². The van der Waals surface area contributed by atoms with Crippen molar-refractivity contribution in [2.45, 2.75) is 0 Å². The zero-order chi connectivity index (χ0) is 8.39. The maximum absolute atomic E-state index is 10.8. The molecule has 0 bridgehead atoms. The molecule has 0 atom stereocenters. The number of benzene rings is 1. The number of hydrogen-bond acceptors (Lipinski definition) is 3. The fraction of sp³-hybridized carbons (Fsp3) is 0. The molecule has 1 heterocycles. The van der Waals surface area contributed by atoms with E-state index in [2.05, 4.69) is 10.2 Å². The van der Waals surface area contributed by atoms with Crippen molar-refractivity contribution in [1.82, 2.24) is 10.2 Å². The number of hydrogen-bond donors (Lipinski definition) is 0. The molecular weight excluding hydrogens is 154 g/mol. The molecule has 0 spiro atoms. The van der Waals surface area contributed by atoms with Crippen LogP contribution in [0.5, 0.6) is 0 Å². The number of aromatic nitrogens is 3. The van der Waals surface area contributed by atoms with Crippen LogP contribution in [0.15, 0.2) is 36.5 Å². The summed E-state index contributed by atoms with van der Waals surface area (Å²) >= 11 is 0. The molecule has 2 aromatic rings. The van der Waals surface area contributed by atoms with Gasteiger partial charge in [-0.1, -0.05) is 18.2 Å². The van der Waals surface area contributed by atoms with Gasteiger partial charge in [0.2, 0.25) is 0 Å². The Morgan fingerprint density at radius 1 is 1.17 bits per heavy atom. The third-order valence-electron chi connectivity index (χ3n) is 1.55. The van der Waals surface area contributed by atoms with Gasteiger partial charge in [0.15, 0.2) is 0 Å². The van der Waals surface area contributed by atoms with Gasteiger partial charge in [0.25, 0.3) is 0 Å². The van der Waals surface area contributed by atoms with Gasteiger partial charge in [0.05, 0.1) is 15.1 Å². The van der Waals surface area contributed by atoms with Gasteiger partial charge in [-0.05, 0) is 12.1 Å². The predicted octanol–water partition coefficient (Wildman–Crippen LogP) is 0.544. The molecule has 0 saturated carbocycles. The second-order valence-corrected chi connectivity index (χ2v) is 2.34. The van der Waals surface area contributed by atoms with Crippen LogP contribution in [0.2, 0.25) is 0 Å². The van der Waals surface area contributed by atoms with Crippen LogP contribution < -0.4 is 4.66 Å². The third-order valence-corrected chi connectivity index (χ3v) is 1.55. The summed E-state index contributed by atoms with van der Waals surface area (Å²) in [6, 6.07) is 9.11. The van der Waals surface area contributed by atoms with Gasteiger partial charge in [-0.3, -0.25) is 0 Å². The molecule has 1 aromatic heterocycles. The van der Waals surface area contributed by atoms with Crippen molar-refractivity contribution in [3.8, 4) is 0 Å². The van der Waals surface area contributed by atoms with E-state index in [1.54, 1.807) is 12.1 Å². The van der Waals surface area contributed by atoms with Gasteiger partial charge in [-0.15, -0.1) is 0 Å². The molecule has 4 nitrogen and oxygen atoms in total. The lowest BCUT2D eigenvalue weighted by atomic mass is 10.2. The topological polar surface area (TPSA) is 48.8 Å². The molecule has 0 radical (unpaired) electrons. The zero-order valence-corrected chi connectivity index (χ0v) is 6.21. The molecule has 0 amide bonds. The fourth-order valence-corrected chi connectivity index (χ4v) is 1.01. The Morgan fingerprint density at radius 3 is 2.92 bits per heavy atom. The Hall–Kier alpha value is -1.84. The first-order chi connectivity index (χ1) is 5.86. The second kappa shape index (κ2) is 2.65. The van der Waals surface area contributed by atoms with E-state index in [1.807, 2.05) is 18.2 Å². The van der Waals surface area contributed by atoms with E-state index in [9.17, 15) is 4.91 Å². The normalized spacial score (nSPS) is 10.0. The molecule has 0 aliphatic carbocycles. The minimum atomic E-state index is 0.308. The molecule has 2 rings (SSSR count). The molecule has 0 unspecified atom stereocenters. The largest absolute Gasteiger partial charge is 0.311 e. The molecule has 0 saturated heterocycles. The lowest BCUT2D eigenvalue weighted by Crippen LogP contribution is -2.20. The van der Waals surface area contributed by atoms with Crippen LogP contribution in [-0.4, -0.2) is 10.2 Å². The van der Waals surface area contributed by atoms with Gasteiger partial charge < -0.3 is 0 Å².